The molecule has 1 rings (SSSR count). The highest BCUT2D eigenvalue weighted by Gasteiger charge is 2.32. The molecule has 1 aliphatic heterocycles. The number of nitrogens with zero attached hydrogens (tertiary/aromatic N) is 1. The van der Waals surface area contributed by atoms with Gasteiger partial charge in [-0.15, -0.1) is 0 Å². The van der Waals surface area contributed by atoms with Crippen LogP contribution in [0.1, 0.15) is 33.6 Å². The molecule has 0 aromatic heterocycles. The summed E-state index contributed by atoms with van der Waals surface area (Å²) in [7, 11) is 1.79. The summed E-state index contributed by atoms with van der Waals surface area (Å²) in [5.74, 6) is 0.863. The molecule has 0 spiro atoms. The quantitative estimate of drug-likeness (QED) is 0.555. The minimum Gasteiger partial charge on any atom is -0.381 e. The first-order valence-electron chi connectivity index (χ1n) is 7.67. The maximum absolute atomic E-state index is 5.74. The average molecular weight is 317 g/mol. The van der Waals surface area contributed by atoms with Crippen molar-refractivity contribution in [3.63, 3.8) is 0 Å². The Labute approximate surface area is 133 Å². The predicted octanol–water partition coefficient (Wildman–Crippen LogP) is 1.88. The SMILES string of the molecule is CCNC(=NCC(C)(C)SC)NCC1(OC)CCOCC1. The molecule has 0 bridgehead atoms. The van der Waals surface area contributed by atoms with Gasteiger partial charge in [0.25, 0.3) is 0 Å². The largest absolute Gasteiger partial charge is 0.381 e. The summed E-state index contributed by atoms with van der Waals surface area (Å²) in [4.78, 5) is 4.69. The third-order valence-electron chi connectivity index (χ3n) is 3.93. The summed E-state index contributed by atoms with van der Waals surface area (Å²) in [5.41, 5.74) is -0.135. The molecule has 5 nitrogen and oxygen atoms in total. The van der Waals surface area contributed by atoms with Gasteiger partial charge in [0.05, 0.1) is 12.1 Å². The maximum Gasteiger partial charge on any atom is 0.191 e. The summed E-state index contributed by atoms with van der Waals surface area (Å²) in [5, 5.41) is 6.73. The fourth-order valence-electron chi connectivity index (χ4n) is 2.12. The lowest BCUT2D eigenvalue weighted by Gasteiger charge is -2.36. The molecule has 0 saturated carbocycles. The van der Waals surface area contributed by atoms with Crippen LogP contribution in [0.5, 0.6) is 0 Å². The molecule has 0 aromatic rings. The van der Waals surface area contributed by atoms with Gasteiger partial charge >= 0.3 is 0 Å². The molecule has 1 aliphatic rings. The van der Waals surface area contributed by atoms with Crippen molar-refractivity contribution in [2.75, 3.05) is 46.2 Å². The highest BCUT2D eigenvalue weighted by molar-refractivity contribution is 7.99. The van der Waals surface area contributed by atoms with Crippen LogP contribution in [0.25, 0.3) is 0 Å². The number of methoxy groups -OCH3 is 1. The van der Waals surface area contributed by atoms with Crippen LogP contribution in [0.15, 0.2) is 4.99 Å². The number of aliphatic imine (C=N–C) groups is 1. The Morgan fingerprint density at radius 3 is 2.52 bits per heavy atom. The topological polar surface area (TPSA) is 54.9 Å². The lowest BCUT2D eigenvalue weighted by atomic mass is 9.94. The van der Waals surface area contributed by atoms with E-state index in [1.165, 1.54) is 0 Å². The van der Waals surface area contributed by atoms with E-state index >= 15 is 0 Å². The molecule has 0 aliphatic carbocycles. The molecule has 6 heteroatoms. The Hall–Kier alpha value is -0.460. The maximum atomic E-state index is 5.74. The van der Waals surface area contributed by atoms with E-state index < -0.39 is 0 Å². The van der Waals surface area contributed by atoms with Crippen molar-refractivity contribution >= 4 is 17.7 Å². The Bertz CT molecular complexity index is 329. The minimum absolute atomic E-state index is 0.135. The summed E-state index contributed by atoms with van der Waals surface area (Å²) in [6.07, 6.45) is 3.97. The third-order valence-corrected chi connectivity index (χ3v) is 5.16. The highest BCUT2D eigenvalue weighted by atomic mass is 32.2. The van der Waals surface area contributed by atoms with E-state index in [1.807, 2.05) is 11.8 Å². The Morgan fingerprint density at radius 2 is 2.00 bits per heavy atom. The molecule has 124 valence electrons. The molecule has 21 heavy (non-hydrogen) atoms. The first-order valence-corrected chi connectivity index (χ1v) is 8.90. The highest BCUT2D eigenvalue weighted by Crippen LogP contribution is 2.23. The summed E-state index contributed by atoms with van der Waals surface area (Å²) >= 11 is 1.83. The molecule has 0 atom stereocenters. The van der Waals surface area contributed by atoms with Crippen molar-refractivity contribution in [1.82, 2.24) is 10.6 Å². The van der Waals surface area contributed by atoms with Crippen molar-refractivity contribution in [2.24, 2.45) is 4.99 Å². The lowest BCUT2D eigenvalue weighted by Crippen LogP contribution is -2.51. The van der Waals surface area contributed by atoms with Gasteiger partial charge in [0.2, 0.25) is 0 Å². The Morgan fingerprint density at radius 1 is 1.33 bits per heavy atom. The molecule has 2 N–H and O–H groups in total. The number of guanidine groups is 1. The second-order valence-electron chi connectivity index (χ2n) is 6.01. The predicted molar refractivity (Wildman–Crippen MR) is 91.4 cm³/mol. The second-order valence-corrected chi connectivity index (χ2v) is 7.53. The van der Waals surface area contributed by atoms with Gasteiger partial charge in [-0.2, -0.15) is 11.8 Å². The zero-order valence-corrected chi connectivity index (χ0v) is 14.9. The van der Waals surface area contributed by atoms with Gasteiger partial charge in [0.15, 0.2) is 5.96 Å². The van der Waals surface area contributed by atoms with Gasteiger partial charge in [0, 0.05) is 51.0 Å². The second kappa shape index (κ2) is 8.86. The zero-order chi connectivity index (χ0) is 15.8. The van der Waals surface area contributed by atoms with Crippen LogP contribution in [0.4, 0.5) is 0 Å². The monoisotopic (exact) mass is 317 g/mol. The molecule has 1 heterocycles. The number of ether oxygens (including phenoxy) is 2. The number of hydrogen-bond donors (Lipinski definition) is 2. The zero-order valence-electron chi connectivity index (χ0n) is 14.1. The standard InChI is InChI=1S/C15H31N3O2S/c1-6-16-13(17-11-14(2,3)21-5)18-12-15(19-4)7-9-20-10-8-15/h6-12H2,1-5H3,(H2,16,17,18). The van der Waals surface area contributed by atoms with E-state index in [-0.39, 0.29) is 10.3 Å². The van der Waals surface area contributed by atoms with Crippen LogP contribution in [-0.4, -0.2) is 62.5 Å². The fourth-order valence-corrected chi connectivity index (χ4v) is 2.31. The summed E-state index contributed by atoms with van der Waals surface area (Å²) in [6, 6.07) is 0. The van der Waals surface area contributed by atoms with Gasteiger partial charge in [-0.25, -0.2) is 0 Å². The first kappa shape index (κ1) is 18.6. The molecule has 0 aromatic carbocycles. The number of rotatable bonds is 7. The molecule has 1 saturated heterocycles. The third kappa shape index (κ3) is 6.45. The van der Waals surface area contributed by atoms with Gasteiger partial charge in [-0.1, -0.05) is 0 Å². The van der Waals surface area contributed by atoms with E-state index in [9.17, 15) is 0 Å². The fraction of sp³-hybridized carbons (Fsp3) is 0.933. The van der Waals surface area contributed by atoms with Crippen molar-refractivity contribution in [1.29, 1.82) is 0 Å². The van der Waals surface area contributed by atoms with E-state index in [1.54, 1.807) is 7.11 Å². The van der Waals surface area contributed by atoms with Crippen LogP contribution >= 0.6 is 11.8 Å². The van der Waals surface area contributed by atoms with Crippen LogP contribution in [0.3, 0.4) is 0 Å². The van der Waals surface area contributed by atoms with Gasteiger partial charge < -0.3 is 20.1 Å². The molecule has 0 amide bonds. The molecular formula is C15H31N3O2S. The van der Waals surface area contributed by atoms with Crippen molar-refractivity contribution in [3.8, 4) is 0 Å². The Kier molecular flexibility index (Phi) is 7.84. The van der Waals surface area contributed by atoms with Crippen molar-refractivity contribution in [2.45, 2.75) is 44.0 Å². The van der Waals surface area contributed by atoms with Crippen LogP contribution in [-0.2, 0) is 9.47 Å². The minimum atomic E-state index is -0.135. The van der Waals surface area contributed by atoms with Crippen molar-refractivity contribution < 1.29 is 9.47 Å². The molecule has 0 radical (unpaired) electrons. The molecule has 0 unspecified atom stereocenters. The average Bonchev–Trinajstić information content (AvgIpc) is 2.51. The van der Waals surface area contributed by atoms with Crippen LogP contribution < -0.4 is 10.6 Å². The number of thioether (sulfide) groups is 1. The van der Waals surface area contributed by atoms with Gasteiger partial charge in [0.1, 0.15) is 0 Å². The molecular weight excluding hydrogens is 286 g/mol. The van der Waals surface area contributed by atoms with Crippen molar-refractivity contribution in [3.05, 3.63) is 0 Å². The van der Waals surface area contributed by atoms with Gasteiger partial charge in [-0.05, 0) is 27.0 Å². The molecule has 1 fully saturated rings. The van der Waals surface area contributed by atoms with E-state index in [4.69, 9.17) is 14.5 Å². The normalized spacial score (nSPS) is 19.4. The summed E-state index contributed by atoms with van der Waals surface area (Å²) in [6.45, 7) is 10.4. The van der Waals surface area contributed by atoms with E-state index in [0.717, 1.165) is 51.6 Å². The summed E-state index contributed by atoms with van der Waals surface area (Å²) < 4.78 is 11.3. The Balaban J connectivity index is 2.58. The number of hydrogen-bond acceptors (Lipinski definition) is 4. The number of nitrogens with one attached hydrogen (secondary N) is 2. The lowest BCUT2D eigenvalue weighted by molar-refractivity contribution is -0.0855. The van der Waals surface area contributed by atoms with Crippen LogP contribution in [0, 0.1) is 0 Å². The van der Waals surface area contributed by atoms with Crippen LogP contribution in [0.2, 0.25) is 0 Å². The van der Waals surface area contributed by atoms with E-state index in [2.05, 4.69) is 37.7 Å². The van der Waals surface area contributed by atoms with E-state index in [0.29, 0.717) is 0 Å². The first-order chi connectivity index (χ1) is 9.97. The smallest absolute Gasteiger partial charge is 0.191 e. The van der Waals surface area contributed by atoms with Gasteiger partial charge in [-0.3, -0.25) is 4.99 Å².